The number of halogens is 2. The van der Waals surface area contributed by atoms with Crippen LogP contribution >= 0.6 is 0 Å². The number of hydrogen-bond acceptors (Lipinski definition) is 9. The Morgan fingerprint density at radius 3 is 2.73 bits per heavy atom. The third-order valence-corrected chi connectivity index (χ3v) is 6.88. The number of anilines is 2. The van der Waals surface area contributed by atoms with Crippen LogP contribution in [0.4, 0.5) is 20.3 Å². The number of rotatable bonds is 7. The summed E-state index contributed by atoms with van der Waals surface area (Å²) in [6, 6.07) is 11.9. The van der Waals surface area contributed by atoms with Crippen LogP contribution in [0.5, 0.6) is 5.75 Å². The number of imidazole rings is 1. The van der Waals surface area contributed by atoms with Crippen molar-refractivity contribution in [2.45, 2.75) is 33.4 Å². The largest absolute Gasteiger partial charge is 0.494 e. The maximum absolute atomic E-state index is 13.9. The highest BCUT2D eigenvalue weighted by Crippen LogP contribution is 2.34. The third-order valence-electron chi connectivity index (χ3n) is 6.88. The predicted octanol–water partition coefficient (Wildman–Crippen LogP) is 4.60. The van der Waals surface area contributed by atoms with Crippen molar-refractivity contribution in [3.05, 3.63) is 70.9 Å². The van der Waals surface area contributed by atoms with Crippen LogP contribution in [-0.4, -0.2) is 53.1 Å². The average Bonchev–Trinajstić information content (AvgIpc) is 3.67. The monoisotopic (exact) mass is 542 g/mol. The van der Waals surface area contributed by atoms with E-state index >= 15 is 0 Å². The summed E-state index contributed by atoms with van der Waals surface area (Å²) >= 11 is 0. The first-order valence-corrected chi connectivity index (χ1v) is 12.5. The lowest BCUT2D eigenvalue weighted by atomic mass is 10.2. The molecule has 1 aromatic carbocycles. The Morgan fingerprint density at radius 2 is 2.00 bits per heavy atom. The second kappa shape index (κ2) is 9.97. The fraction of sp³-hybridized carbons (Fsp3) is 0.259. The van der Waals surface area contributed by atoms with Crippen LogP contribution in [0, 0.1) is 18.3 Å². The summed E-state index contributed by atoms with van der Waals surface area (Å²) < 4.78 is 36.4. The second-order valence-corrected chi connectivity index (χ2v) is 9.36. The maximum Gasteiger partial charge on any atom is 0.267 e. The number of ether oxygens (including phenoxy) is 1. The summed E-state index contributed by atoms with van der Waals surface area (Å²) in [6.45, 7) is 6.35. The van der Waals surface area contributed by atoms with Crippen LogP contribution in [0.2, 0.25) is 0 Å². The van der Waals surface area contributed by atoms with Gasteiger partial charge in [0.1, 0.15) is 24.0 Å². The number of nitriles is 1. The van der Waals surface area contributed by atoms with Gasteiger partial charge in [0.05, 0.1) is 35.1 Å². The summed E-state index contributed by atoms with van der Waals surface area (Å²) in [7, 11) is 1.56. The van der Waals surface area contributed by atoms with E-state index in [1.165, 1.54) is 22.9 Å². The van der Waals surface area contributed by atoms with Crippen molar-refractivity contribution in [2.75, 3.05) is 19.0 Å². The number of nitrogens with zero attached hydrogens (tertiary/aromatic N) is 9. The molecule has 0 bridgehead atoms. The number of aromatic nitrogens is 7. The number of alkyl halides is 2. The molecule has 6 rings (SSSR count). The first-order chi connectivity index (χ1) is 19.4. The number of pyridine rings is 1. The van der Waals surface area contributed by atoms with E-state index in [9.17, 15) is 14.0 Å². The lowest BCUT2D eigenvalue weighted by Crippen LogP contribution is -2.14. The summed E-state index contributed by atoms with van der Waals surface area (Å²) in [5.41, 5.74) is 4.35. The van der Waals surface area contributed by atoms with E-state index in [0.29, 0.717) is 39.8 Å². The molecule has 5 heterocycles. The van der Waals surface area contributed by atoms with Crippen molar-refractivity contribution in [2.24, 2.45) is 0 Å². The quantitative estimate of drug-likeness (QED) is 0.314. The topological polar surface area (TPSA) is 123 Å². The predicted molar refractivity (Wildman–Crippen MR) is 142 cm³/mol. The van der Waals surface area contributed by atoms with Crippen molar-refractivity contribution in [3.8, 4) is 23.5 Å². The molecular weight excluding hydrogens is 518 g/mol. The highest BCUT2D eigenvalue weighted by Gasteiger charge is 2.22. The smallest absolute Gasteiger partial charge is 0.267 e. The van der Waals surface area contributed by atoms with Gasteiger partial charge in [0.25, 0.3) is 6.43 Å². The van der Waals surface area contributed by atoms with E-state index in [1.807, 2.05) is 18.2 Å². The molecule has 4 aromatic heterocycles. The average molecular weight is 543 g/mol. The highest BCUT2D eigenvalue weighted by molar-refractivity contribution is 5.86. The van der Waals surface area contributed by atoms with E-state index in [0.717, 1.165) is 30.9 Å². The number of methoxy groups -OCH3 is 1. The molecule has 0 saturated heterocycles. The summed E-state index contributed by atoms with van der Waals surface area (Å²) in [5, 5.41) is 25.3. The van der Waals surface area contributed by atoms with Crippen LogP contribution in [0.25, 0.3) is 22.7 Å². The number of fused-ring (bicyclic) bond motifs is 2. The molecule has 0 spiro atoms. The molecule has 1 aliphatic rings. The van der Waals surface area contributed by atoms with Crippen LogP contribution in [-0.2, 0) is 13.1 Å². The molecule has 0 unspecified atom stereocenters. The van der Waals surface area contributed by atoms with Gasteiger partial charge < -0.3 is 10.1 Å². The molecule has 0 fully saturated rings. The number of nitrogens with one attached hydrogen (secondary N) is 1. The SMILES string of the molecule is CCN1Cc2cc(Nc3cc4ncn(-c5ccc(C(F)F)c(-n6nc(C#N)cc6C)n5)c4cc3OC)nnc2C1. The van der Waals surface area contributed by atoms with Gasteiger partial charge in [0.2, 0.25) is 0 Å². The van der Waals surface area contributed by atoms with E-state index < -0.39 is 6.43 Å². The van der Waals surface area contributed by atoms with E-state index in [-0.39, 0.29) is 17.1 Å². The molecule has 202 valence electrons. The third kappa shape index (κ3) is 4.38. The van der Waals surface area contributed by atoms with E-state index in [2.05, 4.69) is 42.4 Å². The minimum atomic E-state index is -2.79. The van der Waals surface area contributed by atoms with E-state index in [4.69, 9.17) is 4.74 Å². The summed E-state index contributed by atoms with van der Waals surface area (Å²) in [6.07, 6.45) is -1.22. The first kappa shape index (κ1) is 25.3. The Balaban J connectivity index is 1.38. The molecule has 40 heavy (non-hydrogen) atoms. The van der Waals surface area contributed by atoms with Crippen molar-refractivity contribution in [3.63, 3.8) is 0 Å². The minimum Gasteiger partial charge on any atom is -0.494 e. The standard InChI is InChI=1S/C27H24F2N10O/c1-4-37-12-16-8-24(35-34-21(16)13-37)32-20-9-19-22(10-23(20)40-3)38(14-31-19)25-6-5-18(26(28)29)27(33-25)39-15(2)7-17(11-30)36-39/h5-10,14,26H,4,12-13H2,1-3H3,(H,32,35). The highest BCUT2D eigenvalue weighted by atomic mass is 19.3. The molecule has 0 atom stereocenters. The Morgan fingerprint density at radius 1 is 1.15 bits per heavy atom. The molecule has 0 amide bonds. The van der Waals surface area contributed by atoms with Gasteiger partial charge in [-0.15, -0.1) is 5.10 Å². The number of aryl methyl sites for hydroxylation is 1. The van der Waals surface area contributed by atoms with Gasteiger partial charge >= 0.3 is 0 Å². The van der Waals surface area contributed by atoms with Gasteiger partial charge in [-0.2, -0.15) is 15.5 Å². The van der Waals surface area contributed by atoms with Crippen molar-refractivity contribution < 1.29 is 13.5 Å². The molecule has 5 aromatic rings. The van der Waals surface area contributed by atoms with Gasteiger partial charge in [-0.05, 0) is 49.4 Å². The molecule has 11 nitrogen and oxygen atoms in total. The fourth-order valence-corrected chi connectivity index (χ4v) is 4.81. The number of hydrogen-bond donors (Lipinski definition) is 1. The summed E-state index contributed by atoms with van der Waals surface area (Å²) in [5.74, 6) is 1.41. The van der Waals surface area contributed by atoms with Crippen LogP contribution in [0.3, 0.4) is 0 Å². The van der Waals surface area contributed by atoms with Crippen LogP contribution in [0.15, 0.2) is 42.7 Å². The fourth-order valence-electron chi connectivity index (χ4n) is 4.81. The molecule has 0 radical (unpaired) electrons. The molecule has 0 saturated carbocycles. The molecule has 1 aliphatic heterocycles. The van der Waals surface area contributed by atoms with Gasteiger partial charge in [0.15, 0.2) is 17.3 Å². The maximum atomic E-state index is 13.9. The Hall–Kier alpha value is -4.96. The van der Waals surface area contributed by atoms with Crippen molar-refractivity contribution in [1.82, 2.24) is 39.4 Å². The summed E-state index contributed by atoms with van der Waals surface area (Å²) in [4.78, 5) is 11.3. The van der Waals surface area contributed by atoms with Crippen molar-refractivity contribution in [1.29, 1.82) is 5.26 Å². The Kier molecular flexibility index (Phi) is 6.31. The molecule has 13 heteroatoms. The van der Waals surface area contributed by atoms with Gasteiger partial charge in [-0.3, -0.25) is 9.47 Å². The molecule has 0 aliphatic carbocycles. The lowest BCUT2D eigenvalue weighted by molar-refractivity contribution is 0.150. The van der Waals surface area contributed by atoms with Crippen LogP contribution < -0.4 is 10.1 Å². The zero-order chi connectivity index (χ0) is 28.0. The van der Waals surface area contributed by atoms with Crippen molar-refractivity contribution >= 4 is 22.5 Å². The van der Waals surface area contributed by atoms with Crippen LogP contribution in [0.1, 0.15) is 41.6 Å². The van der Waals surface area contributed by atoms with Gasteiger partial charge in [-0.25, -0.2) is 23.4 Å². The lowest BCUT2D eigenvalue weighted by Gasteiger charge is -2.14. The minimum absolute atomic E-state index is 0.0598. The zero-order valence-electron chi connectivity index (χ0n) is 21.9. The Labute approximate surface area is 227 Å². The van der Waals surface area contributed by atoms with Gasteiger partial charge in [0, 0.05) is 24.8 Å². The van der Waals surface area contributed by atoms with E-state index in [1.54, 1.807) is 31.0 Å². The molecule has 1 N–H and O–H groups in total. The normalized spacial score (nSPS) is 13.1. The Bertz CT molecular complexity index is 1790. The van der Waals surface area contributed by atoms with Gasteiger partial charge in [-0.1, -0.05) is 6.92 Å². The number of benzene rings is 1. The second-order valence-electron chi connectivity index (χ2n) is 9.36. The molecular formula is C27H24F2N10O. The zero-order valence-corrected chi connectivity index (χ0v) is 21.9. The first-order valence-electron chi connectivity index (χ1n) is 12.5.